The number of rotatable bonds is 3. The molecule has 2 aliphatic rings. The molecular weight excluding hydrogens is 210 g/mol. The highest BCUT2D eigenvalue weighted by Gasteiger charge is 2.46. The average molecular weight is 229 g/mol. The summed E-state index contributed by atoms with van der Waals surface area (Å²) in [6.07, 6.45) is 4.00. The van der Waals surface area contributed by atoms with E-state index in [0.717, 1.165) is 25.7 Å². The Labute approximate surface area is 102 Å². The number of benzene rings is 1. The van der Waals surface area contributed by atoms with E-state index in [-0.39, 0.29) is 17.9 Å². The quantitative estimate of drug-likeness (QED) is 0.865. The van der Waals surface area contributed by atoms with Crippen molar-refractivity contribution in [3.8, 4) is 0 Å². The number of ketones is 1. The molecule has 0 spiro atoms. The van der Waals surface area contributed by atoms with Crippen LogP contribution in [0.4, 0.5) is 0 Å². The van der Waals surface area contributed by atoms with Crippen molar-refractivity contribution in [2.24, 2.45) is 17.6 Å². The molecule has 2 N–H and O–H groups in total. The van der Waals surface area contributed by atoms with Crippen molar-refractivity contribution in [2.45, 2.75) is 37.6 Å². The van der Waals surface area contributed by atoms with Crippen molar-refractivity contribution >= 4 is 5.78 Å². The van der Waals surface area contributed by atoms with Crippen LogP contribution in [0.15, 0.2) is 30.3 Å². The van der Waals surface area contributed by atoms with E-state index in [4.69, 9.17) is 5.73 Å². The Morgan fingerprint density at radius 2 is 1.88 bits per heavy atom. The van der Waals surface area contributed by atoms with E-state index in [0.29, 0.717) is 11.7 Å². The molecule has 4 atom stereocenters. The number of hydrogen-bond donors (Lipinski definition) is 1. The van der Waals surface area contributed by atoms with Crippen LogP contribution < -0.4 is 5.73 Å². The van der Waals surface area contributed by atoms with E-state index < -0.39 is 0 Å². The summed E-state index contributed by atoms with van der Waals surface area (Å²) in [6, 6.07) is 10.7. The van der Waals surface area contributed by atoms with Gasteiger partial charge >= 0.3 is 0 Å². The first-order valence-corrected chi connectivity index (χ1v) is 6.60. The molecule has 0 bridgehead atoms. The summed E-state index contributed by atoms with van der Waals surface area (Å²) in [4.78, 5) is 12.3. The lowest BCUT2D eigenvalue weighted by Crippen LogP contribution is -2.19. The molecule has 2 saturated carbocycles. The van der Waals surface area contributed by atoms with Crippen LogP contribution in [0.25, 0.3) is 0 Å². The minimum absolute atomic E-state index is 0.253. The van der Waals surface area contributed by atoms with Crippen LogP contribution in [-0.4, -0.2) is 11.8 Å². The molecule has 1 aromatic rings. The van der Waals surface area contributed by atoms with Gasteiger partial charge in [-0.3, -0.25) is 4.79 Å². The van der Waals surface area contributed by atoms with Crippen molar-refractivity contribution < 1.29 is 4.79 Å². The van der Waals surface area contributed by atoms with Gasteiger partial charge in [-0.25, -0.2) is 0 Å². The molecule has 0 heterocycles. The van der Waals surface area contributed by atoms with Gasteiger partial charge in [0.25, 0.3) is 0 Å². The Morgan fingerprint density at radius 3 is 2.53 bits per heavy atom. The smallest absolute Gasteiger partial charge is 0.139 e. The molecule has 0 saturated heterocycles. The Balaban J connectivity index is 1.63. The van der Waals surface area contributed by atoms with Crippen LogP contribution in [0.3, 0.4) is 0 Å². The third kappa shape index (κ3) is 2.14. The minimum atomic E-state index is 0.253. The van der Waals surface area contributed by atoms with Gasteiger partial charge in [0.05, 0.1) is 0 Å². The molecule has 3 rings (SSSR count). The second-order valence-corrected chi connectivity index (χ2v) is 5.53. The van der Waals surface area contributed by atoms with Crippen LogP contribution in [0, 0.1) is 11.8 Å². The highest BCUT2D eigenvalue weighted by Crippen LogP contribution is 2.50. The third-order valence-corrected chi connectivity index (χ3v) is 4.26. The van der Waals surface area contributed by atoms with E-state index in [1.165, 1.54) is 5.56 Å². The largest absolute Gasteiger partial charge is 0.328 e. The maximum atomic E-state index is 12.3. The molecular formula is C15H19NO. The fraction of sp³-hybridized carbons (Fsp3) is 0.533. The summed E-state index contributed by atoms with van der Waals surface area (Å²) in [6.45, 7) is 0. The predicted octanol–water partition coefficient (Wildman–Crippen LogP) is 2.49. The summed E-state index contributed by atoms with van der Waals surface area (Å²) in [7, 11) is 0. The number of nitrogens with two attached hydrogens (primary N) is 1. The molecule has 2 fully saturated rings. The molecule has 2 heteroatoms. The SMILES string of the molecule is NC1CCC(C(=O)C2CC2c2ccccc2)C1. The van der Waals surface area contributed by atoms with Crippen molar-refractivity contribution in [1.82, 2.24) is 0 Å². The summed E-state index contributed by atoms with van der Waals surface area (Å²) < 4.78 is 0. The van der Waals surface area contributed by atoms with Gasteiger partial charge in [-0.05, 0) is 37.2 Å². The van der Waals surface area contributed by atoms with Gasteiger partial charge in [-0.15, -0.1) is 0 Å². The average Bonchev–Trinajstić information content (AvgIpc) is 3.05. The van der Waals surface area contributed by atoms with Crippen LogP contribution in [0.5, 0.6) is 0 Å². The first-order valence-electron chi connectivity index (χ1n) is 6.60. The number of carbonyl (C=O) groups is 1. The minimum Gasteiger partial charge on any atom is -0.328 e. The van der Waals surface area contributed by atoms with Gasteiger partial charge in [0.15, 0.2) is 0 Å². The zero-order chi connectivity index (χ0) is 11.8. The van der Waals surface area contributed by atoms with E-state index >= 15 is 0 Å². The summed E-state index contributed by atoms with van der Waals surface area (Å²) in [5.74, 6) is 1.50. The highest BCUT2D eigenvalue weighted by molar-refractivity contribution is 5.87. The molecule has 2 nitrogen and oxygen atoms in total. The second-order valence-electron chi connectivity index (χ2n) is 5.53. The Hall–Kier alpha value is -1.15. The van der Waals surface area contributed by atoms with Crippen molar-refractivity contribution in [1.29, 1.82) is 0 Å². The van der Waals surface area contributed by atoms with Crippen LogP contribution >= 0.6 is 0 Å². The van der Waals surface area contributed by atoms with Gasteiger partial charge in [-0.2, -0.15) is 0 Å². The second kappa shape index (κ2) is 4.26. The standard InChI is InChI=1S/C15H19NO/c16-12-7-6-11(8-12)15(17)14-9-13(14)10-4-2-1-3-5-10/h1-5,11-14H,6-9,16H2. The van der Waals surface area contributed by atoms with E-state index in [9.17, 15) is 4.79 Å². The molecule has 4 unspecified atom stereocenters. The predicted molar refractivity (Wildman–Crippen MR) is 67.6 cm³/mol. The van der Waals surface area contributed by atoms with Gasteiger partial charge in [0.1, 0.15) is 5.78 Å². The first-order chi connectivity index (χ1) is 8.25. The lowest BCUT2D eigenvalue weighted by Gasteiger charge is -2.08. The lowest BCUT2D eigenvalue weighted by atomic mass is 9.96. The van der Waals surface area contributed by atoms with Crippen molar-refractivity contribution in [3.63, 3.8) is 0 Å². The van der Waals surface area contributed by atoms with Gasteiger partial charge in [-0.1, -0.05) is 30.3 Å². The molecule has 0 aromatic heterocycles. The molecule has 0 amide bonds. The normalized spacial score (nSPS) is 35.8. The Morgan fingerprint density at radius 1 is 1.12 bits per heavy atom. The number of Topliss-reactive ketones (excluding diaryl/α,β-unsaturated/α-hetero) is 1. The molecule has 0 aliphatic heterocycles. The molecule has 2 aliphatic carbocycles. The van der Waals surface area contributed by atoms with Crippen molar-refractivity contribution in [2.75, 3.05) is 0 Å². The van der Waals surface area contributed by atoms with Gasteiger partial charge < -0.3 is 5.73 Å². The topological polar surface area (TPSA) is 43.1 Å². The zero-order valence-electron chi connectivity index (χ0n) is 10.0. The van der Waals surface area contributed by atoms with E-state index in [2.05, 4.69) is 24.3 Å². The van der Waals surface area contributed by atoms with E-state index in [1.807, 2.05) is 6.07 Å². The maximum Gasteiger partial charge on any atom is 0.139 e. The molecule has 0 radical (unpaired) electrons. The van der Waals surface area contributed by atoms with Crippen molar-refractivity contribution in [3.05, 3.63) is 35.9 Å². The highest BCUT2D eigenvalue weighted by atomic mass is 16.1. The molecule has 17 heavy (non-hydrogen) atoms. The van der Waals surface area contributed by atoms with Crippen LogP contribution in [0.2, 0.25) is 0 Å². The number of hydrogen-bond acceptors (Lipinski definition) is 2. The fourth-order valence-corrected chi connectivity index (χ4v) is 3.16. The first kappa shape index (κ1) is 11.0. The molecule has 1 aromatic carbocycles. The van der Waals surface area contributed by atoms with E-state index in [1.54, 1.807) is 0 Å². The Bertz CT molecular complexity index is 414. The summed E-state index contributed by atoms with van der Waals surface area (Å²) in [5.41, 5.74) is 7.20. The zero-order valence-corrected chi connectivity index (χ0v) is 10.0. The van der Waals surface area contributed by atoms with Gasteiger partial charge in [0, 0.05) is 17.9 Å². The molecule has 90 valence electrons. The fourth-order valence-electron chi connectivity index (χ4n) is 3.16. The third-order valence-electron chi connectivity index (χ3n) is 4.26. The van der Waals surface area contributed by atoms with Crippen LogP contribution in [0.1, 0.15) is 37.2 Å². The summed E-state index contributed by atoms with van der Waals surface area (Å²) >= 11 is 0. The summed E-state index contributed by atoms with van der Waals surface area (Å²) in [5, 5.41) is 0. The number of carbonyl (C=O) groups excluding carboxylic acids is 1. The van der Waals surface area contributed by atoms with Crippen LogP contribution in [-0.2, 0) is 4.79 Å². The maximum absolute atomic E-state index is 12.3. The van der Waals surface area contributed by atoms with Gasteiger partial charge in [0.2, 0.25) is 0 Å². The Kier molecular flexibility index (Phi) is 2.75. The monoisotopic (exact) mass is 229 g/mol. The lowest BCUT2D eigenvalue weighted by molar-refractivity contribution is -0.124.